The van der Waals surface area contributed by atoms with Crippen molar-refractivity contribution in [1.29, 1.82) is 0 Å². The van der Waals surface area contributed by atoms with Gasteiger partial charge in [0.1, 0.15) is 4.90 Å². The van der Waals surface area contributed by atoms with Crippen LogP contribution in [0.3, 0.4) is 0 Å². The molecule has 5 nitrogen and oxygen atoms in total. The first-order chi connectivity index (χ1) is 6.93. The molecule has 0 saturated carbocycles. The highest BCUT2D eigenvalue weighted by atomic mass is 32.2. The first-order valence-corrected chi connectivity index (χ1v) is 6.41. The molecular weight excluding hydrogens is 214 g/mol. The van der Waals surface area contributed by atoms with Crippen molar-refractivity contribution in [1.82, 2.24) is 14.9 Å². The molecule has 1 aromatic heterocycles. The first-order valence-electron chi connectivity index (χ1n) is 4.93. The SMILES string of the molecule is Cc1[nH]ncc1S(=O)(=O)NCCC(C)C. The second-order valence-corrected chi connectivity index (χ2v) is 5.67. The van der Waals surface area contributed by atoms with Crippen LogP contribution >= 0.6 is 0 Å². The Labute approximate surface area is 90.3 Å². The van der Waals surface area contributed by atoms with Gasteiger partial charge in [-0.15, -0.1) is 0 Å². The second kappa shape index (κ2) is 4.76. The van der Waals surface area contributed by atoms with E-state index in [4.69, 9.17) is 0 Å². The normalized spacial score (nSPS) is 12.3. The summed E-state index contributed by atoms with van der Waals surface area (Å²) in [5, 5.41) is 6.29. The van der Waals surface area contributed by atoms with Gasteiger partial charge in [-0.2, -0.15) is 5.10 Å². The van der Waals surface area contributed by atoms with Gasteiger partial charge in [0.25, 0.3) is 0 Å². The molecule has 86 valence electrons. The zero-order chi connectivity index (χ0) is 11.5. The molecule has 6 heteroatoms. The monoisotopic (exact) mass is 231 g/mol. The molecule has 15 heavy (non-hydrogen) atoms. The van der Waals surface area contributed by atoms with Crippen molar-refractivity contribution >= 4 is 10.0 Å². The number of sulfonamides is 1. The molecule has 1 heterocycles. The summed E-state index contributed by atoms with van der Waals surface area (Å²) < 4.78 is 26.0. The number of nitrogens with zero attached hydrogens (tertiary/aromatic N) is 1. The van der Waals surface area contributed by atoms with Gasteiger partial charge in [-0.25, -0.2) is 13.1 Å². The van der Waals surface area contributed by atoms with Crippen LogP contribution in [0.5, 0.6) is 0 Å². The lowest BCUT2D eigenvalue weighted by atomic mass is 10.1. The Morgan fingerprint density at radius 2 is 2.20 bits per heavy atom. The van der Waals surface area contributed by atoms with Crippen LogP contribution in [-0.4, -0.2) is 25.2 Å². The van der Waals surface area contributed by atoms with E-state index in [1.165, 1.54) is 6.20 Å². The number of H-pyrrole nitrogens is 1. The molecule has 0 fully saturated rings. The summed E-state index contributed by atoms with van der Waals surface area (Å²) in [5.74, 6) is 0.484. The van der Waals surface area contributed by atoms with E-state index in [1.807, 2.05) is 0 Å². The minimum Gasteiger partial charge on any atom is -0.281 e. The molecule has 0 unspecified atom stereocenters. The minimum atomic E-state index is -3.39. The third kappa shape index (κ3) is 3.32. The molecule has 1 aromatic rings. The third-order valence-electron chi connectivity index (χ3n) is 2.09. The van der Waals surface area contributed by atoms with Gasteiger partial charge >= 0.3 is 0 Å². The molecule has 0 radical (unpaired) electrons. The van der Waals surface area contributed by atoms with Gasteiger partial charge < -0.3 is 0 Å². The number of hydrogen-bond donors (Lipinski definition) is 2. The van der Waals surface area contributed by atoms with Crippen LogP contribution < -0.4 is 4.72 Å². The number of aromatic amines is 1. The van der Waals surface area contributed by atoms with E-state index >= 15 is 0 Å². The standard InChI is InChI=1S/C9H17N3O2S/c1-7(2)4-5-11-15(13,14)9-6-10-12-8(9)3/h6-7,11H,4-5H2,1-3H3,(H,10,12). The first kappa shape index (κ1) is 12.2. The summed E-state index contributed by atoms with van der Waals surface area (Å²) in [7, 11) is -3.39. The maximum atomic E-state index is 11.7. The summed E-state index contributed by atoms with van der Waals surface area (Å²) in [4.78, 5) is 0.228. The molecule has 0 aliphatic heterocycles. The fraction of sp³-hybridized carbons (Fsp3) is 0.667. The Hall–Kier alpha value is -0.880. The van der Waals surface area contributed by atoms with Crippen molar-refractivity contribution in [2.75, 3.05) is 6.54 Å². The predicted molar refractivity (Wildman–Crippen MR) is 58.0 cm³/mol. The van der Waals surface area contributed by atoms with Gasteiger partial charge in [-0.1, -0.05) is 13.8 Å². The zero-order valence-corrected chi connectivity index (χ0v) is 10.1. The van der Waals surface area contributed by atoms with Gasteiger partial charge in [-0.05, 0) is 19.3 Å². The van der Waals surface area contributed by atoms with Crippen LogP contribution in [0.25, 0.3) is 0 Å². The van der Waals surface area contributed by atoms with Crippen molar-refractivity contribution in [3.05, 3.63) is 11.9 Å². The van der Waals surface area contributed by atoms with Crippen molar-refractivity contribution in [3.63, 3.8) is 0 Å². The molecule has 0 aliphatic rings. The van der Waals surface area contributed by atoms with E-state index in [2.05, 4.69) is 28.8 Å². The third-order valence-corrected chi connectivity index (χ3v) is 3.66. The Bertz CT molecular complexity index is 409. The van der Waals surface area contributed by atoms with Crippen LogP contribution in [0, 0.1) is 12.8 Å². The quantitative estimate of drug-likeness (QED) is 0.795. The number of hydrogen-bond acceptors (Lipinski definition) is 3. The van der Waals surface area contributed by atoms with E-state index in [-0.39, 0.29) is 4.90 Å². The molecule has 1 rings (SSSR count). The smallest absolute Gasteiger partial charge is 0.243 e. The van der Waals surface area contributed by atoms with Gasteiger partial charge in [0.05, 0.1) is 11.9 Å². The molecule has 0 spiro atoms. The second-order valence-electron chi connectivity index (χ2n) is 3.94. The Morgan fingerprint density at radius 1 is 1.53 bits per heavy atom. The number of aromatic nitrogens is 2. The summed E-state index contributed by atoms with van der Waals surface area (Å²) >= 11 is 0. The lowest BCUT2D eigenvalue weighted by Crippen LogP contribution is -2.25. The largest absolute Gasteiger partial charge is 0.281 e. The summed E-state index contributed by atoms with van der Waals surface area (Å²) in [6.07, 6.45) is 2.16. The summed E-state index contributed by atoms with van der Waals surface area (Å²) in [6.45, 7) is 6.25. The van der Waals surface area contributed by atoms with Crippen LogP contribution in [0.1, 0.15) is 26.0 Å². The highest BCUT2D eigenvalue weighted by Gasteiger charge is 2.17. The zero-order valence-electron chi connectivity index (χ0n) is 9.24. The lowest BCUT2D eigenvalue weighted by Gasteiger charge is -2.07. The van der Waals surface area contributed by atoms with E-state index in [9.17, 15) is 8.42 Å². The lowest BCUT2D eigenvalue weighted by molar-refractivity contribution is 0.551. The molecule has 0 aromatic carbocycles. The van der Waals surface area contributed by atoms with Crippen molar-refractivity contribution in [2.24, 2.45) is 5.92 Å². The fourth-order valence-electron chi connectivity index (χ4n) is 1.17. The molecule has 0 saturated heterocycles. The molecule has 0 atom stereocenters. The highest BCUT2D eigenvalue weighted by molar-refractivity contribution is 7.89. The van der Waals surface area contributed by atoms with Gasteiger partial charge in [0.15, 0.2) is 0 Å². The predicted octanol–water partition coefficient (Wildman–Crippen LogP) is 1.04. The van der Waals surface area contributed by atoms with Crippen molar-refractivity contribution < 1.29 is 8.42 Å². The average molecular weight is 231 g/mol. The van der Waals surface area contributed by atoms with Crippen LogP contribution in [0.2, 0.25) is 0 Å². The molecule has 0 aliphatic carbocycles. The van der Waals surface area contributed by atoms with E-state index in [0.29, 0.717) is 18.2 Å². The summed E-state index contributed by atoms with van der Waals surface area (Å²) in [5.41, 5.74) is 0.562. The average Bonchev–Trinajstić information content (AvgIpc) is 2.50. The van der Waals surface area contributed by atoms with E-state index in [0.717, 1.165) is 6.42 Å². The van der Waals surface area contributed by atoms with Crippen LogP contribution in [-0.2, 0) is 10.0 Å². The number of aryl methyl sites for hydroxylation is 1. The molecular formula is C9H17N3O2S. The van der Waals surface area contributed by atoms with Gasteiger partial charge in [0, 0.05) is 6.54 Å². The molecule has 0 bridgehead atoms. The summed E-state index contributed by atoms with van der Waals surface area (Å²) in [6, 6.07) is 0. The molecule has 0 amide bonds. The van der Waals surface area contributed by atoms with Crippen molar-refractivity contribution in [3.8, 4) is 0 Å². The fourth-order valence-corrected chi connectivity index (χ4v) is 2.35. The maximum Gasteiger partial charge on any atom is 0.243 e. The van der Waals surface area contributed by atoms with Crippen LogP contribution in [0.4, 0.5) is 0 Å². The molecule has 2 N–H and O–H groups in total. The Balaban J connectivity index is 2.65. The van der Waals surface area contributed by atoms with Gasteiger partial charge in [-0.3, -0.25) is 5.10 Å². The Morgan fingerprint density at radius 3 is 2.67 bits per heavy atom. The maximum absolute atomic E-state index is 11.7. The number of rotatable bonds is 5. The van der Waals surface area contributed by atoms with E-state index in [1.54, 1.807) is 6.92 Å². The van der Waals surface area contributed by atoms with E-state index < -0.39 is 10.0 Å². The highest BCUT2D eigenvalue weighted by Crippen LogP contribution is 2.10. The minimum absolute atomic E-state index is 0.228. The topological polar surface area (TPSA) is 74.8 Å². The van der Waals surface area contributed by atoms with Crippen molar-refractivity contribution in [2.45, 2.75) is 32.1 Å². The number of nitrogens with one attached hydrogen (secondary N) is 2. The van der Waals surface area contributed by atoms with Gasteiger partial charge in [0.2, 0.25) is 10.0 Å². The van der Waals surface area contributed by atoms with Crippen LogP contribution in [0.15, 0.2) is 11.1 Å². The Kier molecular flexibility index (Phi) is 3.87.